The minimum atomic E-state index is -4.21. The maximum atomic E-state index is 14.1. The van der Waals surface area contributed by atoms with E-state index in [1.165, 1.54) is 52.1 Å². The van der Waals surface area contributed by atoms with Crippen molar-refractivity contribution in [2.75, 3.05) is 13.7 Å². The highest BCUT2D eigenvalue weighted by molar-refractivity contribution is 7.92. The molecule has 0 aliphatic carbocycles. The third kappa shape index (κ3) is 6.19. The highest BCUT2D eigenvalue weighted by Crippen LogP contribution is 2.42. The van der Waals surface area contributed by atoms with Crippen LogP contribution in [0.3, 0.4) is 0 Å². The summed E-state index contributed by atoms with van der Waals surface area (Å²) in [6.07, 6.45) is -2.33. The molecule has 1 atom stereocenters. The third-order valence-electron chi connectivity index (χ3n) is 6.49. The Hall–Kier alpha value is -4.07. The molecule has 1 unspecified atom stereocenters. The van der Waals surface area contributed by atoms with Gasteiger partial charge in [0.15, 0.2) is 21.2 Å². The van der Waals surface area contributed by atoms with Crippen molar-refractivity contribution in [1.29, 1.82) is 0 Å². The number of sulfone groups is 1. The van der Waals surface area contributed by atoms with E-state index in [1.54, 1.807) is 31.2 Å². The van der Waals surface area contributed by atoms with Crippen molar-refractivity contribution in [3.05, 3.63) is 80.3 Å². The molecule has 0 aliphatic heterocycles. The molecule has 0 aliphatic rings. The third-order valence-corrected chi connectivity index (χ3v) is 9.51. The first-order valence-electron chi connectivity index (χ1n) is 12.8. The Balaban J connectivity index is 1.82. The number of carbonyl (C=O) groups excluding carboxylic acids is 2. The van der Waals surface area contributed by atoms with Crippen LogP contribution < -0.4 is 10.4 Å². The van der Waals surface area contributed by atoms with E-state index >= 15 is 0 Å². The second kappa shape index (κ2) is 12.3. The van der Waals surface area contributed by atoms with Gasteiger partial charge >= 0.3 is 17.8 Å². The number of imidazole rings is 1. The number of hydrogen-bond donors (Lipinski definition) is 1. The second-order valence-corrected chi connectivity index (χ2v) is 12.9. The number of esters is 1. The molecule has 1 N–H and O–H groups in total. The quantitative estimate of drug-likeness (QED) is 0.183. The van der Waals surface area contributed by atoms with Crippen LogP contribution in [-0.4, -0.2) is 55.1 Å². The van der Waals surface area contributed by atoms with Crippen molar-refractivity contribution in [2.24, 2.45) is 0 Å². The standard InChI is InChI=1S/C28H27Cl2N3O9S/c1-6-40-27(36)42-15(2)41-25(34)20-11-10-19-24(31-20)33(26(35)32-19)21-14-23(22(39-5)13-18(21)30)43(37,38)28(3,4)16-8-7-9-17(29)12-16/h7-15H,6H2,1-5H3,(H,32,35). The van der Waals surface area contributed by atoms with Gasteiger partial charge in [-0.3, -0.25) is 0 Å². The lowest BCUT2D eigenvalue weighted by molar-refractivity contribution is -0.0814. The van der Waals surface area contributed by atoms with Crippen LogP contribution in [0.1, 0.15) is 43.7 Å². The number of aromatic nitrogens is 3. The average Bonchev–Trinajstić information content (AvgIpc) is 3.27. The number of pyridine rings is 1. The van der Waals surface area contributed by atoms with Gasteiger partial charge in [0.2, 0.25) is 6.29 Å². The number of ether oxygens (including phenoxy) is 4. The summed E-state index contributed by atoms with van der Waals surface area (Å²) in [4.78, 5) is 44.0. The van der Waals surface area contributed by atoms with E-state index in [2.05, 4.69) is 14.7 Å². The van der Waals surface area contributed by atoms with Gasteiger partial charge in [-0.2, -0.15) is 0 Å². The lowest BCUT2D eigenvalue weighted by Crippen LogP contribution is -2.30. The van der Waals surface area contributed by atoms with E-state index in [9.17, 15) is 22.8 Å². The Morgan fingerprint density at radius 1 is 1.09 bits per heavy atom. The van der Waals surface area contributed by atoms with Gasteiger partial charge in [0.1, 0.15) is 10.6 Å². The van der Waals surface area contributed by atoms with Gasteiger partial charge in [0.25, 0.3) is 0 Å². The van der Waals surface area contributed by atoms with Crippen LogP contribution in [0.4, 0.5) is 4.79 Å². The van der Waals surface area contributed by atoms with E-state index in [0.29, 0.717) is 10.6 Å². The smallest absolute Gasteiger partial charge is 0.495 e. The summed E-state index contributed by atoms with van der Waals surface area (Å²) in [5.41, 5.74) is -0.406. The topological polar surface area (TPSA) is 156 Å². The normalized spacial score (nSPS) is 12.5. The Kier molecular flexibility index (Phi) is 9.09. The maximum absolute atomic E-state index is 14.1. The van der Waals surface area contributed by atoms with Crippen LogP contribution in [0.5, 0.6) is 5.75 Å². The molecule has 4 aromatic rings. The van der Waals surface area contributed by atoms with Crippen molar-refractivity contribution >= 4 is 56.3 Å². The molecule has 0 saturated carbocycles. The summed E-state index contributed by atoms with van der Waals surface area (Å²) in [5.74, 6) is -1.02. The van der Waals surface area contributed by atoms with E-state index in [0.717, 1.165) is 4.57 Å². The molecule has 0 amide bonds. The zero-order chi connectivity index (χ0) is 31.7. The molecule has 2 heterocycles. The molecule has 43 heavy (non-hydrogen) atoms. The zero-order valence-corrected chi connectivity index (χ0v) is 26.0. The van der Waals surface area contributed by atoms with Crippen LogP contribution in [0, 0.1) is 0 Å². The van der Waals surface area contributed by atoms with Gasteiger partial charge in [-0.25, -0.2) is 32.4 Å². The molecule has 4 rings (SSSR count). The van der Waals surface area contributed by atoms with E-state index in [-0.39, 0.29) is 44.8 Å². The fourth-order valence-corrected chi connectivity index (χ4v) is 6.29. The lowest BCUT2D eigenvalue weighted by Gasteiger charge is -2.27. The van der Waals surface area contributed by atoms with Gasteiger partial charge in [0, 0.05) is 18.0 Å². The Labute approximate surface area is 256 Å². The molecule has 2 aromatic heterocycles. The molecular formula is C28H27Cl2N3O9S. The van der Waals surface area contributed by atoms with Gasteiger partial charge in [-0.15, -0.1) is 0 Å². The average molecular weight is 653 g/mol. The fourth-order valence-electron chi connectivity index (χ4n) is 4.20. The van der Waals surface area contributed by atoms with Crippen LogP contribution in [0.25, 0.3) is 16.9 Å². The van der Waals surface area contributed by atoms with Crippen molar-refractivity contribution < 1.29 is 37.0 Å². The summed E-state index contributed by atoms with van der Waals surface area (Å²) in [6.45, 7) is 6.00. The Bertz CT molecular complexity index is 1880. The molecule has 228 valence electrons. The molecule has 12 nitrogen and oxygen atoms in total. The first-order chi connectivity index (χ1) is 20.2. The van der Waals surface area contributed by atoms with E-state index in [4.69, 9.17) is 37.4 Å². The van der Waals surface area contributed by atoms with Crippen LogP contribution in [0.2, 0.25) is 10.0 Å². The van der Waals surface area contributed by atoms with Gasteiger partial charge in [0.05, 0.1) is 34.7 Å². The highest BCUT2D eigenvalue weighted by Gasteiger charge is 2.40. The fraction of sp³-hybridized carbons (Fsp3) is 0.286. The zero-order valence-electron chi connectivity index (χ0n) is 23.6. The van der Waals surface area contributed by atoms with Crippen molar-refractivity contribution in [1.82, 2.24) is 14.5 Å². The largest absolute Gasteiger partial charge is 0.511 e. The Morgan fingerprint density at radius 3 is 2.47 bits per heavy atom. The molecule has 0 fully saturated rings. The van der Waals surface area contributed by atoms with Crippen LogP contribution >= 0.6 is 23.2 Å². The number of H-pyrrole nitrogens is 1. The van der Waals surface area contributed by atoms with E-state index < -0.39 is 38.7 Å². The summed E-state index contributed by atoms with van der Waals surface area (Å²) in [6, 6.07) is 11.6. The molecule has 0 radical (unpaired) electrons. The summed E-state index contributed by atoms with van der Waals surface area (Å²) < 4.78 is 47.7. The number of carbonyl (C=O) groups is 2. The summed E-state index contributed by atoms with van der Waals surface area (Å²) in [5, 5.41) is 0.322. The first kappa shape index (κ1) is 31.9. The Morgan fingerprint density at radius 2 is 1.81 bits per heavy atom. The van der Waals surface area contributed by atoms with Crippen LogP contribution in [0.15, 0.2) is 58.2 Å². The molecule has 2 aromatic carbocycles. The van der Waals surface area contributed by atoms with E-state index in [1.807, 2.05) is 0 Å². The van der Waals surface area contributed by atoms with Gasteiger partial charge in [-0.1, -0.05) is 35.3 Å². The molecule has 0 bridgehead atoms. The molecule has 15 heteroatoms. The SMILES string of the molecule is CCOC(=O)OC(C)OC(=O)c1ccc2[nH]c(=O)n(-c3cc(S(=O)(=O)C(C)(C)c4cccc(Cl)c4)c(OC)cc3Cl)c2n1. The predicted molar refractivity (Wildman–Crippen MR) is 158 cm³/mol. The predicted octanol–water partition coefficient (Wildman–Crippen LogP) is 5.41. The number of methoxy groups -OCH3 is 1. The number of halogens is 2. The van der Waals surface area contributed by atoms with Crippen LogP contribution in [-0.2, 0) is 28.8 Å². The minimum absolute atomic E-state index is 0.0365. The number of benzene rings is 2. The van der Waals surface area contributed by atoms with Crippen molar-refractivity contribution in [2.45, 2.75) is 43.6 Å². The molecular weight excluding hydrogens is 625 g/mol. The van der Waals surface area contributed by atoms with Crippen molar-refractivity contribution in [3.63, 3.8) is 0 Å². The second-order valence-electron chi connectivity index (χ2n) is 9.59. The number of rotatable bonds is 9. The highest BCUT2D eigenvalue weighted by atomic mass is 35.5. The maximum Gasteiger partial charge on any atom is 0.511 e. The monoisotopic (exact) mass is 651 g/mol. The van der Waals surface area contributed by atoms with Gasteiger partial charge < -0.3 is 23.9 Å². The molecule has 0 saturated heterocycles. The first-order valence-corrected chi connectivity index (χ1v) is 15.0. The number of nitrogens with one attached hydrogen (secondary N) is 1. The summed E-state index contributed by atoms with van der Waals surface area (Å²) >= 11 is 12.7. The lowest BCUT2D eigenvalue weighted by atomic mass is 10.0. The number of hydrogen-bond acceptors (Lipinski definition) is 10. The van der Waals surface area contributed by atoms with Gasteiger partial charge in [-0.05, 0) is 56.7 Å². The number of nitrogens with zero attached hydrogens (tertiary/aromatic N) is 2. The number of fused-ring (bicyclic) bond motifs is 1. The molecule has 0 spiro atoms. The minimum Gasteiger partial charge on any atom is -0.495 e. The van der Waals surface area contributed by atoms with Crippen molar-refractivity contribution in [3.8, 4) is 11.4 Å². The summed E-state index contributed by atoms with van der Waals surface area (Å²) in [7, 11) is -2.92. The number of aromatic amines is 1.